The van der Waals surface area contributed by atoms with Gasteiger partial charge >= 0.3 is 0 Å². The second-order valence-electron chi connectivity index (χ2n) is 4.60. The van der Waals surface area contributed by atoms with Crippen molar-refractivity contribution < 1.29 is 0 Å². The molecule has 1 atom stereocenters. The molecule has 2 aromatic rings. The third-order valence-electron chi connectivity index (χ3n) is 3.19. The average molecular weight is 255 g/mol. The molecule has 100 valence electrons. The number of nitrogens with zero attached hydrogens (tertiary/aromatic N) is 2. The molecule has 3 heteroatoms. The summed E-state index contributed by atoms with van der Waals surface area (Å²) in [7, 11) is 0. The van der Waals surface area contributed by atoms with Gasteiger partial charge in [0.1, 0.15) is 0 Å². The Morgan fingerprint density at radius 3 is 2.74 bits per heavy atom. The molecule has 0 aliphatic carbocycles. The van der Waals surface area contributed by atoms with Crippen molar-refractivity contribution >= 4 is 0 Å². The van der Waals surface area contributed by atoms with Crippen molar-refractivity contribution in [1.82, 2.24) is 14.9 Å². The van der Waals surface area contributed by atoms with E-state index in [1.807, 2.05) is 17.1 Å². The molecule has 1 unspecified atom stereocenters. The fourth-order valence-electron chi connectivity index (χ4n) is 2.01. The first-order valence-electron chi connectivity index (χ1n) is 6.74. The summed E-state index contributed by atoms with van der Waals surface area (Å²) in [6, 6.07) is 8.97. The Bertz CT molecular complexity index is 497. The Morgan fingerprint density at radius 1 is 1.32 bits per heavy atom. The minimum absolute atomic E-state index is 0.377. The predicted molar refractivity (Wildman–Crippen MR) is 79.4 cm³/mol. The third-order valence-corrected chi connectivity index (χ3v) is 3.19. The monoisotopic (exact) mass is 255 g/mol. The highest BCUT2D eigenvalue weighted by molar-refractivity contribution is 5.35. The van der Waals surface area contributed by atoms with Crippen LogP contribution in [0.3, 0.4) is 0 Å². The van der Waals surface area contributed by atoms with Gasteiger partial charge in [-0.25, -0.2) is 4.98 Å². The SMILES string of the molecule is C/C=C/CCNC(C)c1ccc(-n2ccnc2)cc1. The maximum atomic E-state index is 4.06. The van der Waals surface area contributed by atoms with Crippen LogP contribution in [0.5, 0.6) is 0 Å². The van der Waals surface area contributed by atoms with Crippen molar-refractivity contribution in [2.75, 3.05) is 6.54 Å². The van der Waals surface area contributed by atoms with Gasteiger partial charge in [0.25, 0.3) is 0 Å². The van der Waals surface area contributed by atoms with Gasteiger partial charge in [-0.05, 0) is 44.5 Å². The molecular formula is C16H21N3. The van der Waals surface area contributed by atoms with Crippen LogP contribution in [0.1, 0.15) is 31.9 Å². The Kier molecular flexibility index (Phi) is 4.93. The van der Waals surface area contributed by atoms with Crippen LogP contribution < -0.4 is 5.32 Å². The number of imidazole rings is 1. The molecule has 0 fully saturated rings. The van der Waals surface area contributed by atoms with Crippen molar-refractivity contribution in [1.29, 1.82) is 0 Å². The van der Waals surface area contributed by atoms with Gasteiger partial charge in [-0.2, -0.15) is 0 Å². The van der Waals surface area contributed by atoms with Crippen LogP contribution in [0.4, 0.5) is 0 Å². The smallest absolute Gasteiger partial charge is 0.0991 e. The number of aromatic nitrogens is 2. The van der Waals surface area contributed by atoms with Crippen molar-refractivity contribution in [2.45, 2.75) is 26.3 Å². The van der Waals surface area contributed by atoms with Gasteiger partial charge < -0.3 is 9.88 Å². The Morgan fingerprint density at radius 2 is 2.11 bits per heavy atom. The Balaban J connectivity index is 1.94. The lowest BCUT2D eigenvalue weighted by Crippen LogP contribution is -2.19. The van der Waals surface area contributed by atoms with Gasteiger partial charge in [0, 0.05) is 24.1 Å². The van der Waals surface area contributed by atoms with Gasteiger partial charge in [-0.3, -0.25) is 0 Å². The first-order valence-corrected chi connectivity index (χ1v) is 6.74. The quantitative estimate of drug-likeness (QED) is 0.632. The van der Waals surface area contributed by atoms with E-state index >= 15 is 0 Å². The summed E-state index contributed by atoms with van der Waals surface area (Å²) in [4.78, 5) is 4.06. The first kappa shape index (κ1) is 13.6. The minimum Gasteiger partial charge on any atom is -0.310 e. The van der Waals surface area contributed by atoms with Crippen molar-refractivity contribution in [2.24, 2.45) is 0 Å². The highest BCUT2D eigenvalue weighted by Crippen LogP contribution is 2.15. The molecule has 0 saturated carbocycles. The molecular weight excluding hydrogens is 234 g/mol. The van der Waals surface area contributed by atoms with Crippen molar-refractivity contribution in [3.63, 3.8) is 0 Å². The molecule has 0 saturated heterocycles. The maximum absolute atomic E-state index is 4.06. The topological polar surface area (TPSA) is 29.9 Å². The van der Waals surface area contributed by atoms with Gasteiger partial charge in [-0.1, -0.05) is 24.3 Å². The maximum Gasteiger partial charge on any atom is 0.0991 e. The van der Waals surface area contributed by atoms with Gasteiger partial charge in [0.2, 0.25) is 0 Å². The predicted octanol–water partition coefficient (Wildman–Crippen LogP) is 3.49. The lowest BCUT2D eigenvalue weighted by Gasteiger charge is -2.14. The lowest BCUT2D eigenvalue weighted by molar-refractivity contribution is 0.581. The van der Waals surface area contributed by atoms with E-state index in [1.165, 1.54) is 5.56 Å². The van der Waals surface area contributed by atoms with Gasteiger partial charge in [0.15, 0.2) is 0 Å². The molecule has 0 bridgehead atoms. The van der Waals surface area contributed by atoms with E-state index in [0.717, 1.165) is 18.7 Å². The van der Waals surface area contributed by atoms with Crippen LogP contribution in [-0.2, 0) is 0 Å². The Labute approximate surface area is 115 Å². The largest absolute Gasteiger partial charge is 0.310 e. The van der Waals surface area contributed by atoms with E-state index in [4.69, 9.17) is 0 Å². The number of nitrogens with one attached hydrogen (secondary N) is 1. The fraction of sp³-hybridized carbons (Fsp3) is 0.312. The van der Waals surface area contributed by atoms with E-state index in [-0.39, 0.29) is 0 Å². The number of benzene rings is 1. The summed E-state index contributed by atoms with van der Waals surface area (Å²) in [6.45, 7) is 5.26. The Hall–Kier alpha value is -1.87. The third kappa shape index (κ3) is 3.80. The zero-order valence-electron chi connectivity index (χ0n) is 11.6. The molecule has 1 N–H and O–H groups in total. The zero-order valence-corrected chi connectivity index (χ0v) is 11.6. The van der Waals surface area contributed by atoms with Crippen LogP contribution in [0, 0.1) is 0 Å². The van der Waals surface area contributed by atoms with Crippen molar-refractivity contribution in [3.8, 4) is 5.69 Å². The highest BCUT2D eigenvalue weighted by atomic mass is 15.0. The second kappa shape index (κ2) is 6.90. The van der Waals surface area contributed by atoms with E-state index in [2.05, 4.69) is 60.6 Å². The van der Waals surface area contributed by atoms with Crippen LogP contribution in [0.2, 0.25) is 0 Å². The molecule has 1 aromatic heterocycles. The summed E-state index contributed by atoms with van der Waals surface area (Å²) >= 11 is 0. The number of rotatable bonds is 6. The van der Waals surface area contributed by atoms with E-state index < -0.39 is 0 Å². The standard InChI is InChI=1S/C16H21N3/c1-3-4-5-10-18-14(2)15-6-8-16(9-7-15)19-12-11-17-13-19/h3-4,6-9,11-14,18H,5,10H2,1-2H3/b4-3+. The summed E-state index contributed by atoms with van der Waals surface area (Å²) in [5.74, 6) is 0. The molecule has 0 aliphatic heterocycles. The van der Waals surface area contributed by atoms with Crippen LogP contribution in [0.25, 0.3) is 5.69 Å². The molecule has 1 heterocycles. The van der Waals surface area contributed by atoms with E-state index in [1.54, 1.807) is 6.20 Å². The summed E-state index contributed by atoms with van der Waals surface area (Å²) in [5, 5.41) is 3.52. The normalized spacial score (nSPS) is 12.9. The molecule has 0 spiro atoms. The number of hydrogen-bond donors (Lipinski definition) is 1. The molecule has 0 amide bonds. The summed E-state index contributed by atoms with van der Waals surface area (Å²) < 4.78 is 2.01. The molecule has 2 rings (SSSR count). The average Bonchev–Trinajstić information content (AvgIpc) is 2.98. The molecule has 0 aliphatic rings. The van der Waals surface area contributed by atoms with Crippen molar-refractivity contribution in [3.05, 3.63) is 60.7 Å². The first-order chi connectivity index (χ1) is 9.31. The second-order valence-corrected chi connectivity index (χ2v) is 4.60. The highest BCUT2D eigenvalue weighted by Gasteiger charge is 2.04. The van der Waals surface area contributed by atoms with Crippen LogP contribution in [0.15, 0.2) is 55.1 Å². The summed E-state index contributed by atoms with van der Waals surface area (Å²) in [6.07, 6.45) is 10.9. The zero-order chi connectivity index (χ0) is 13.5. The number of allylic oxidation sites excluding steroid dienone is 1. The van der Waals surface area contributed by atoms with Crippen LogP contribution >= 0.6 is 0 Å². The number of hydrogen-bond acceptors (Lipinski definition) is 2. The van der Waals surface area contributed by atoms with Crippen LogP contribution in [-0.4, -0.2) is 16.1 Å². The summed E-state index contributed by atoms with van der Waals surface area (Å²) in [5.41, 5.74) is 2.45. The molecule has 19 heavy (non-hydrogen) atoms. The molecule has 3 nitrogen and oxygen atoms in total. The van der Waals surface area contributed by atoms with E-state index in [0.29, 0.717) is 6.04 Å². The fourth-order valence-corrected chi connectivity index (χ4v) is 2.01. The molecule has 1 aromatic carbocycles. The van der Waals surface area contributed by atoms with Gasteiger partial charge in [0.05, 0.1) is 6.33 Å². The van der Waals surface area contributed by atoms with Gasteiger partial charge in [-0.15, -0.1) is 0 Å². The lowest BCUT2D eigenvalue weighted by atomic mass is 10.1. The van der Waals surface area contributed by atoms with E-state index in [9.17, 15) is 0 Å². The molecule has 0 radical (unpaired) electrons. The minimum atomic E-state index is 0.377.